The van der Waals surface area contributed by atoms with Crippen molar-refractivity contribution in [1.29, 1.82) is 0 Å². The van der Waals surface area contributed by atoms with Gasteiger partial charge in [-0.05, 0) is 125 Å². The number of hydrogen-bond acceptors (Lipinski definition) is 1. The van der Waals surface area contributed by atoms with E-state index in [-0.39, 0.29) is 17.5 Å². The molecule has 0 spiro atoms. The molecule has 0 bridgehead atoms. The van der Waals surface area contributed by atoms with Gasteiger partial charge in [0.05, 0.1) is 22.2 Å². The summed E-state index contributed by atoms with van der Waals surface area (Å²) in [5, 5.41) is 13.2. The number of nitrogens with zero attached hydrogens (tertiary/aromatic N) is 3. The summed E-state index contributed by atoms with van der Waals surface area (Å²) in [6.45, 7) is 14.0. The third kappa shape index (κ3) is 4.54. The maximum atomic E-state index is 2.61. The van der Waals surface area contributed by atoms with E-state index in [1.165, 1.54) is 137 Å². The zero-order valence-electron chi connectivity index (χ0n) is 38.1. The van der Waals surface area contributed by atoms with Crippen molar-refractivity contribution in [3.63, 3.8) is 0 Å². The van der Waals surface area contributed by atoms with Gasteiger partial charge < -0.3 is 14.0 Å². The van der Waals surface area contributed by atoms with Crippen LogP contribution in [0.15, 0.2) is 170 Å². The summed E-state index contributed by atoms with van der Waals surface area (Å²) >= 11 is 0. The van der Waals surface area contributed by atoms with E-state index in [2.05, 4.69) is 225 Å². The number of aromatic nitrogens is 2. The molecule has 15 rings (SSSR count). The molecule has 2 aromatic heterocycles. The Kier molecular flexibility index (Phi) is 6.80. The molecule has 0 saturated carbocycles. The van der Waals surface area contributed by atoms with Crippen LogP contribution in [0.2, 0.25) is 0 Å². The second kappa shape index (κ2) is 12.2. The third-order valence-electron chi connectivity index (χ3n) is 15.7. The Bertz CT molecular complexity index is 4190. The lowest BCUT2D eigenvalue weighted by atomic mass is 9.33. The second-order valence-electron chi connectivity index (χ2n) is 21.3. The molecule has 3 nitrogen and oxygen atoms in total. The summed E-state index contributed by atoms with van der Waals surface area (Å²) in [5.41, 5.74) is 20.5. The highest BCUT2D eigenvalue weighted by Crippen LogP contribution is 2.51. The molecular formula is C62H46BN3. The molecule has 0 N–H and O–H groups in total. The van der Waals surface area contributed by atoms with E-state index in [9.17, 15) is 0 Å². The third-order valence-corrected chi connectivity index (χ3v) is 15.7. The van der Waals surface area contributed by atoms with Crippen LogP contribution in [0.3, 0.4) is 0 Å². The van der Waals surface area contributed by atoms with Crippen molar-refractivity contribution in [3.05, 3.63) is 181 Å². The fraction of sp³-hybridized carbons (Fsp3) is 0.129. The molecule has 2 aliphatic heterocycles. The maximum absolute atomic E-state index is 2.61. The molecule has 0 amide bonds. The summed E-state index contributed by atoms with van der Waals surface area (Å²) in [6, 6.07) is 65.8. The van der Waals surface area contributed by atoms with Crippen molar-refractivity contribution in [2.24, 2.45) is 0 Å². The highest BCUT2D eigenvalue weighted by Gasteiger charge is 2.43. The minimum Gasteiger partial charge on any atom is -0.311 e. The van der Waals surface area contributed by atoms with Crippen molar-refractivity contribution in [3.8, 4) is 22.5 Å². The fourth-order valence-corrected chi connectivity index (χ4v) is 12.7. The van der Waals surface area contributed by atoms with Gasteiger partial charge in [-0.1, -0.05) is 163 Å². The molecular weight excluding hydrogens is 798 g/mol. The van der Waals surface area contributed by atoms with Gasteiger partial charge in [0.25, 0.3) is 6.71 Å². The van der Waals surface area contributed by atoms with E-state index in [4.69, 9.17) is 0 Å². The first kappa shape index (κ1) is 36.7. The standard InChI is InChI=1S/C62H46BN3/c1-61(2,3)38-24-27-40(28-25-38)64-49-31-26-39(62(4,5)6)32-47(49)63-46-18-11-17-45-42-14-7-8-19-48(42)66(60(45)46)53-34-41(33-52(64)59(53)63)65-50-29-22-36-13-10-16-44-43-15-9-12-35-20-21-37-23-30-51(65)58(56(37)54(35)43)57(50)55(36)44/h7-34H,1-6H3. The van der Waals surface area contributed by atoms with Crippen molar-refractivity contribution < 1.29 is 0 Å². The van der Waals surface area contributed by atoms with Crippen molar-refractivity contribution in [2.45, 2.75) is 52.4 Å². The Morgan fingerprint density at radius 1 is 0.379 bits per heavy atom. The molecule has 10 aromatic carbocycles. The SMILES string of the molecule is CC(C)(C)c1ccc(N2c3ccc(C(C)(C)C)cc3B3c4c2cc(-n2c5ccc6cccc7c6c5c5c6c(ccc8cccc-7c86)ccc52)cc4-n2c4ccccc4c4cccc3c42)cc1. The average Bonchev–Trinajstić information content (AvgIpc) is 3.81. The van der Waals surface area contributed by atoms with Gasteiger partial charge in [0.1, 0.15) is 0 Å². The van der Waals surface area contributed by atoms with E-state index in [0.29, 0.717) is 0 Å². The van der Waals surface area contributed by atoms with Crippen molar-refractivity contribution in [2.75, 3.05) is 4.90 Å². The van der Waals surface area contributed by atoms with Crippen molar-refractivity contribution in [1.82, 2.24) is 9.13 Å². The summed E-state index contributed by atoms with van der Waals surface area (Å²) in [4.78, 5) is 2.59. The molecule has 312 valence electrons. The lowest BCUT2D eigenvalue weighted by molar-refractivity contribution is 0.590. The minimum atomic E-state index is -0.0177. The largest absolute Gasteiger partial charge is 0.311 e. The van der Waals surface area contributed by atoms with Crippen LogP contribution >= 0.6 is 0 Å². The van der Waals surface area contributed by atoms with Crippen molar-refractivity contribution >= 4 is 116 Å². The zero-order valence-corrected chi connectivity index (χ0v) is 38.1. The number of para-hydroxylation sites is 2. The highest BCUT2D eigenvalue weighted by atomic mass is 15.2. The Morgan fingerprint density at radius 2 is 0.970 bits per heavy atom. The normalized spacial score (nSPS) is 13.8. The summed E-state index contributed by atoms with van der Waals surface area (Å²) < 4.78 is 5.21. The Balaban J connectivity index is 1.13. The van der Waals surface area contributed by atoms with Crippen LogP contribution in [0, 0.1) is 0 Å². The quantitative estimate of drug-likeness (QED) is 0.125. The van der Waals surface area contributed by atoms with Crippen LogP contribution in [0.25, 0.3) is 98.4 Å². The van der Waals surface area contributed by atoms with Gasteiger partial charge >= 0.3 is 0 Å². The lowest BCUT2D eigenvalue weighted by Crippen LogP contribution is -2.60. The second-order valence-corrected chi connectivity index (χ2v) is 21.3. The molecule has 4 heteroatoms. The van der Waals surface area contributed by atoms with Gasteiger partial charge in [0.15, 0.2) is 0 Å². The van der Waals surface area contributed by atoms with Crippen LogP contribution in [0.4, 0.5) is 17.1 Å². The van der Waals surface area contributed by atoms with Crippen LogP contribution in [0.5, 0.6) is 0 Å². The number of benzene rings is 10. The maximum Gasteiger partial charge on any atom is 0.252 e. The molecule has 12 aromatic rings. The predicted octanol–water partition coefficient (Wildman–Crippen LogP) is 14.5. The molecule has 4 heterocycles. The molecule has 66 heavy (non-hydrogen) atoms. The van der Waals surface area contributed by atoms with E-state index in [0.717, 1.165) is 5.69 Å². The monoisotopic (exact) mass is 843 g/mol. The van der Waals surface area contributed by atoms with Crippen LogP contribution in [-0.2, 0) is 10.8 Å². The Morgan fingerprint density at radius 3 is 1.68 bits per heavy atom. The molecule has 1 aliphatic carbocycles. The zero-order chi connectivity index (χ0) is 44.1. The van der Waals surface area contributed by atoms with Gasteiger partial charge in [-0.2, -0.15) is 0 Å². The van der Waals surface area contributed by atoms with Gasteiger partial charge in [0, 0.05) is 55.2 Å². The van der Waals surface area contributed by atoms with E-state index in [1.807, 2.05) is 0 Å². The van der Waals surface area contributed by atoms with Gasteiger partial charge in [0.2, 0.25) is 0 Å². The van der Waals surface area contributed by atoms with E-state index >= 15 is 0 Å². The number of hydrogen-bond donors (Lipinski definition) is 0. The Hall–Kier alpha value is -7.56. The molecule has 0 radical (unpaired) electrons. The van der Waals surface area contributed by atoms with E-state index in [1.54, 1.807) is 0 Å². The summed E-state index contributed by atoms with van der Waals surface area (Å²) in [7, 11) is 0. The Labute approximate surface area is 384 Å². The molecule has 0 atom stereocenters. The lowest BCUT2D eigenvalue weighted by Gasteiger charge is -2.41. The molecule has 0 fully saturated rings. The van der Waals surface area contributed by atoms with Gasteiger partial charge in [-0.15, -0.1) is 0 Å². The number of anilines is 3. The van der Waals surface area contributed by atoms with Gasteiger partial charge in [-0.3, -0.25) is 0 Å². The van der Waals surface area contributed by atoms with Crippen LogP contribution in [-0.4, -0.2) is 15.8 Å². The van der Waals surface area contributed by atoms with Crippen LogP contribution < -0.4 is 21.3 Å². The number of rotatable bonds is 2. The van der Waals surface area contributed by atoms with Crippen LogP contribution in [0.1, 0.15) is 52.7 Å². The molecule has 3 aliphatic rings. The average molecular weight is 844 g/mol. The van der Waals surface area contributed by atoms with E-state index < -0.39 is 0 Å². The smallest absolute Gasteiger partial charge is 0.252 e. The summed E-state index contributed by atoms with van der Waals surface area (Å²) in [5.74, 6) is 0. The molecule has 0 unspecified atom stereocenters. The first-order valence-electron chi connectivity index (χ1n) is 23.6. The highest BCUT2D eigenvalue weighted by molar-refractivity contribution is 7.00. The number of fused-ring (bicyclic) bond motifs is 8. The molecule has 0 saturated heterocycles. The first-order valence-corrected chi connectivity index (χ1v) is 23.6. The fourth-order valence-electron chi connectivity index (χ4n) is 12.7. The topological polar surface area (TPSA) is 13.1 Å². The first-order chi connectivity index (χ1) is 32.0. The minimum absolute atomic E-state index is 0.0177. The predicted molar refractivity (Wildman–Crippen MR) is 283 cm³/mol. The summed E-state index contributed by atoms with van der Waals surface area (Å²) in [6.07, 6.45) is 0. The van der Waals surface area contributed by atoms with Gasteiger partial charge in [-0.25, -0.2) is 0 Å².